The van der Waals surface area contributed by atoms with Crippen LogP contribution >= 0.6 is 0 Å². The van der Waals surface area contributed by atoms with E-state index in [4.69, 9.17) is 4.74 Å². The Hall–Kier alpha value is -4.75. The van der Waals surface area contributed by atoms with E-state index in [0.717, 1.165) is 57.8 Å². The number of anilines is 2. The quantitative estimate of drug-likeness (QED) is 0.134. The number of hydrogen-bond acceptors (Lipinski definition) is 8. The van der Waals surface area contributed by atoms with Gasteiger partial charge in [0.1, 0.15) is 5.75 Å². The van der Waals surface area contributed by atoms with Gasteiger partial charge in [-0.1, -0.05) is 12.1 Å². The summed E-state index contributed by atoms with van der Waals surface area (Å²) in [5.74, 6) is -0.00416. The third-order valence-electron chi connectivity index (χ3n) is 6.90. The van der Waals surface area contributed by atoms with Crippen molar-refractivity contribution in [1.29, 1.82) is 0 Å². The Kier molecular flexibility index (Phi) is 10.3. The molecule has 0 unspecified atom stereocenters. The van der Waals surface area contributed by atoms with Crippen molar-refractivity contribution < 1.29 is 32.2 Å². The zero-order valence-corrected chi connectivity index (χ0v) is 26.6. The van der Waals surface area contributed by atoms with Gasteiger partial charge in [0.05, 0.1) is 0 Å². The fraction of sp³-hybridized carbons (Fsp3) is 0.290. The fourth-order valence-corrected chi connectivity index (χ4v) is 6.50. The molecule has 5 aromatic rings. The number of nitrogens with one attached hydrogen (secondary N) is 2. The monoisotopic (exact) mass is 701 g/mol. The van der Waals surface area contributed by atoms with Gasteiger partial charge in [-0.05, 0) is 17.7 Å². The summed E-state index contributed by atoms with van der Waals surface area (Å²) in [7, 11) is 3.56. The maximum absolute atomic E-state index is 12.8. The second kappa shape index (κ2) is 14.6. The number of unbranched alkanes of at least 4 members (excludes halogenated alkanes) is 1. The Bertz CT molecular complexity index is 1820. The van der Waals surface area contributed by atoms with E-state index >= 15 is 0 Å². The van der Waals surface area contributed by atoms with Crippen LogP contribution in [0.5, 0.6) is 11.5 Å². The first-order valence-corrected chi connectivity index (χ1v) is 16.0. The van der Waals surface area contributed by atoms with Crippen LogP contribution in [-0.4, -0.2) is 64.8 Å². The molecular formula is C31H30F3N7O4Se. The summed E-state index contributed by atoms with van der Waals surface area (Å²) in [5, 5.41) is 23.1. The number of fused-ring (bicyclic) bond motifs is 1. The fourth-order valence-electron chi connectivity index (χ4n) is 4.83. The molecule has 0 saturated carbocycles. The number of benzene rings is 2. The molecule has 2 aromatic carbocycles. The van der Waals surface area contributed by atoms with E-state index in [1.54, 1.807) is 19.2 Å². The molecular weight excluding hydrogens is 670 g/mol. The number of amides is 2. The molecule has 46 heavy (non-hydrogen) atoms. The number of carbonyl (C=O) groups excluding carboxylic acids is 2. The van der Waals surface area contributed by atoms with Crippen molar-refractivity contribution in [2.45, 2.75) is 44.9 Å². The van der Waals surface area contributed by atoms with E-state index in [-0.39, 0.29) is 39.1 Å². The molecule has 3 aromatic heterocycles. The Morgan fingerprint density at radius 2 is 1.70 bits per heavy atom. The van der Waals surface area contributed by atoms with Crippen LogP contribution in [0, 0.1) is 0 Å². The van der Waals surface area contributed by atoms with E-state index in [2.05, 4.69) is 35.8 Å². The molecule has 11 nitrogen and oxygen atoms in total. The first-order chi connectivity index (χ1) is 22.0. The summed E-state index contributed by atoms with van der Waals surface area (Å²) in [6, 6.07) is 14.4. The van der Waals surface area contributed by atoms with E-state index in [9.17, 15) is 22.8 Å². The number of rotatable bonds is 13. The van der Waals surface area contributed by atoms with Crippen molar-refractivity contribution in [2.75, 3.05) is 17.7 Å². The van der Waals surface area contributed by atoms with E-state index in [0.29, 0.717) is 16.7 Å². The molecule has 0 bridgehead atoms. The third-order valence-corrected chi connectivity index (χ3v) is 8.79. The molecule has 15 heteroatoms. The summed E-state index contributed by atoms with van der Waals surface area (Å²) < 4.78 is 50.1. The molecule has 2 amide bonds. The van der Waals surface area contributed by atoms with Crippen LogP contribution in [0.3, 0.4) is 0 Å². The Balaban J connectivity index is 1.03. The van der Waals surface area contributed by atoms with Crippen LogP contribution in [0.25, 0.3) is 10.9 Å². The van der Waals surface area contributed by atoms with Gasteiger partial charge in [-0.25, -0.2) is 0 Å². The SMILES string of the molecule is COc1ccc2c(c1)c(CC(=O)Nc1nnc(CCCCc3ccc(NC(=O)Cc4cccc(OC(F)(F)F)c4)nn3)[se]1)cn2C. The average Bonchev–Trinajstić information content (AvgIpc) is 3.58. The van der Waals surface area contributed by atoms with E-state index in [1.807, 2.05) is 36.0 Å². The third kappa shape index (κ3) is 9.14. The Labute approximate surface area is 267 Å². The first kappa shape index (κ1) is 32.6. The Morgan fingerprint density at radius 3 is 2.46 bits per heavy atom. The predicted molar refractivity (Wildman–Crippen MR) is 165 cm³/mol. The molecule has 3 heterocycles. The van der Waals surface area contributed by atoms with Crippen LogP contribution in [0.15, 0.2) is 60.8 Å². The molecule has 0 atom stereocenters. The molecule has 0 aliphatic rings. The number of alkyl halides is 3. The van der Waals surface area contributed by atoms with Gasteiger partial charge in [0, 0.05) is 0 Å². The second-order valence-corrected chi connectivity index (χ2v) is 12.6. The molecule has 0 saturated heterocycles. The summed E-state index contributed by atoms with van der Waals surface area (Å²) >= 11 is -0.149. The Morgan fingerprint density at radius 1 is 0.891 bits per heavy atom. The van der Waals surface area contributed by atoms with Crippen molar-refractivity contribution in [3.8, 4) is 11.5 Å². The molecule has 0 aliphatic heterocycles. The van der Waals surface area contributed by atoms with Gasteiger partial charge in [-0.2, -0.15) is 0 Å². The molecule has 0 fully saturated rings. The van der Waals surface area contributed by atoms with Crippen LogP contribution < -0.4 is 20.1 Å². The minimum absolute atomic E-state index is 0.143. The van der Waals surface area contributed by atoms with Gasteiger partial charge in [0.15, 0.2) is 0 Å². The van der Waals surface area contributed by atoms with Crippen molar-refractivity contribution in [2.24, 2.45) is 7.05 Å². The summed E-state index contributed by atoms with van der Waals surface area (Å²) in [5.41, 5.74) is 3.04. The van der Waals surface area contributed by atoms with Gasteiger partial charge in [0.25, 0.3) is 0 Å². The van der Waals surface area contributed by atoms with Crippen LogP contribution in [0.2, 0.25) is 0 Å². The van der Waals surface area contributed by atoms with Gasteiger partial charge >= 0.3 is 215 Å². The average molecular weight is 701 g/mol. The van der Waals surface area contributed by atoms with Crippen LogP contribution in [-0.2, 0) is 42.3 Å². The molecule has 240 valence electrons. The molecule has 0 radical (unpaired) electrons. The zero-order valence-electron chi connectivity index (χ0n) is 24.9. The van der Waals surface area contributed by atoms with Crippen LogP contribution in [0.1, 0.15) is 34.2 Å². The number of hydrogen-bond donors (Lipinski definition) is 2. The van der Waals surface area contributed by atoms with E-state index in [1.165, 1.54) is 18.2 Å². The summed E-state index contributed by atoms with van der Waals surface area (Å²) in [4.78, 5) is 25.1. The van der Waals surface area contributed by atoms with Crippen molar-refractivity contribution >= 4 is 47.7 Å². The number of carbonyl (C=O) groups is 2. The summed E-state index contributed by atoms with van der Waals surface area (Å²) in [6.45, 7) is 0. The van der Waals surface area contributed by atoms with Gasteiger partial charge in [0.2, 0.25) is 0 Å². The molecule has 0 aliphatic carbocycles. The second-order valence-electron chi connectivity index (χ2n) is 10.4. The standard InChI is InChI=1S/C31H30F3N7O4Se/c1-41-18-20(24-17-22(44-2)11-12-25(24)41)16-28(43)36-30-40-39-29(46-30)9-4-3-7-21-10-13-26(38-37-21)35-27(42)15-19-6-5-8-23(14-19)45-31(32,33)34/h5-6,8,10-14,17-18H,3-4,7,9,15-16H2,1-2H3,(H,35,38,42)(H,36,40,43). The maximum atomic E-state index is 12.8. The van der Waals surface area contributed by atoms with E-state index < -0.39 is 18.0 Å². The summed E-state index contributed by atoms with van der Waals surface area (Å²) in [6.07, 6.45) is 0.314. The van der Waals surface area contributed by atoms with Crippen molar-refractivity contribution in [3.05, 3.63) is 82.2 Å². The van der Waals surface area contributed by atoms with Crippen LogP contribution in [0.4, 0.5) is 23.7 Å². The topological polar surface area (TPSA) is 133 Å². The number of nitrogens with zero attached hydrogens (tertiary/aromatic N) is 5. The minimum atomic E-state index is -4.81. The van der Waals surface area contributed by atoms with Gasteiger partial charge in [-0.3, -0.25) is 0 Å². The number of aromatic nitrogens is 5. The first-order valence-electron chi connectivity index (χ1n) is 14.3. The molecule has 2 N–H and O–H groups in total. The van der Waals surface area contributed by atoms with Gasteiger partial charge in [-0.15, -0.1) is 13.2 Å². The van der Waals surface area contributed by atoms with Crippen molar-refractivity contribution in [3.63, 3.8) is 0 Å². The van der Waals surface area contributed by atoms with Gasteiger partial charge < -0.3 is 4.74 Å². The molecule has 5 rings (SSSR count). The number of methoxy groups -OCH3 is 1. The predicted octanol–water partition coefficient (Wildman–Crippen LogP) is 4.65. The normalized spacial score (nSPS) is 11.4. The number of aryl methyl sites for hydroxylation is 3. The number of ether oxygens (including phenoxy) is 2. The zero-order chi connectivity index (χ0) is 32.7. The van der Waals surface area contributed by atoms with Crippen molar-refractivity contribution in [1.82, 2.24) is 25.0 Å². The molecule has 0 spiro atoms. The number of halogens is 3.